The van der Waals surface area contributed by atoms with Crippen LogP contribution in [0.1, 0.15) is 28.9 Å². The number of anilines is 3. The number of rotatable bonds is 6. The Balaban J connectivity index is 1.43. The summed E-state index contributed by atoms with van der Waals surface area (Å²) in [6.07, 6.45) is -0.544. The molecule has 12 heteroatoms. The number of nitrogens with one attached hydrogen (secondary N) is 3. The largest absolute Gasteiger partial charge is 0.421 e. The number of piperazine rings is 1. The Labute approximate surface area is 196 Å². The number of carbonyl (C=O) groups is 1. The summed E-state index contributed by atoms with van der Waals surface area (Å²) in [5.41, 5.74) is -0.120. The Hall–Kier alpha value is -2.99. The molecule has 2 aromatic rings. The van der Waals surface area contributed by atoms with Crippen molar-refractivity contribution in [3.05, 3.63) is 35.8 Å². The second kappa shape index (κ2) is 10.5. The average Bonchev–Trinajstić information content (AvgIpc) is 2.83. The average molecular weight is 479 g/mol. The van der Waals surface area contributed by atoms with Crippen LogP contribution in [-0.2, 0) is 6.18 Å². The maximum absolute atomic E-state index is 13.5. The second-order valence-corrected chi connectivity index (χ2v) is 8.68. The highest BCUT2D eigenvalue weighted by Crippen LogP contribution is 2.34. The van der Waals surface area contributed by atoms with Gasteiger partial charge in [0.1, 0.15) is 17.1 Å². The van der Waals surface area contributed by atoms with Crippen LogP contribution in [0.4, 0.5) is 30.6 Å². The molecule has 2 aliphatic rings. The lowest BCUT2D eigenvalue weighted by Crippen LogP contribution is -2.47. The first-order chi connectivity index (χ1) is 16.3. The molecule has 0 unspecified atom stereocenters. The first kappa shape index (κ1) is 24.1. The van der Waals surface area contributed by atoms with E-state index in [4.69, 9.17) is 0 Å². The zero-order valence-electron chi connectivity index (χ0n) is 19.0. The van der Waals surface area contributed by atoms with Gasteiger partial charge in [-0.3, -0.25) is 4.79 Å². The molecule has 0 radical (unpaired) electrons. The summed E-state index contributed by atoms with van der Waals surface area (Å²) in [4.78, 5) is 28.7. The number of hydrogen-bond donors (Lipinski definition) is 3. The van der Waals surface area contributed by atoms with Gasteiger partial charge in [0, 0.05) is 38.9 Å². The van der Waals surface area contributed by atoms with E-state index in [1.807, 2.05) is 7.05 Å². The fraction of sp³-hybridized carbons (Fsp3) is 0.545. The molecule has 0 atom stereocenters. The molecule has 0 aliphatic carbocycles. The molecule has 4 rings (SSSR count). The molecular formula is C22H29F3N8O. The summed E-state index contributed by atoms with van der Waals surface area (Å²) >= 11 is 0. The van der Waals surface area contributed by atoms with E-state index in [0.29, 0.717) is 31.0 Å². The predicted octanol–water partition coefficient (Wildman–Crippen LogP) is 2.43. The second-order valence-electron chi connectivity index (χ2n) is 8.68. The number of halogens is 3. The van der Waals surface area contributed by atoms with Crippen molar-refractivity contribution < 1.29 is 18.0 Å². The van der Waals surface area contributed by atoms with Crippen LogP contribution in [0.5, 0.6) is 0 Å². The summed E-state index contributed by atoms with van der Waals surface area (Å²) < 4.78 is 40.4. The molecule has 0 spiro atoms. The van der Waals surface area contributed by atoms with Crippen molar-refractivity contribution in [2.45, 2.75) is 19.0 Å². The molecule has 0 saturated carbocycles. The van der Waals surface area contributed by atoms with Gasteiger partial charge in [0.25, 0.3) is 5.91 Å². The van der Waals surface area contributed by atoms with Crippen molar-refractivity contribution in [1.29, 1.82) is 0 Å². The lowest BCUT2D eigenvalue weighted by atomic mass is 9.98. The van der Waals surface area contributed by atoms with Gasteiger partial charge >= 0.3 is 6.18 Å². The van der Waals surface area contributed by atoms with Gasteiger partial charge in [-0.25, -0.2) is 9.97 Å². The Morgan fingerprint density at radius 2 is 1.85 bits per heavy atom. The van der Waals surface area contributed by atoms with Crippen LogP contribution in [0.25, 0.3) is 0 Å². The number of hydrogen-bond acceptors (Lipinski definition) is 8. The monoisotopic (exact) mass is 478 g/mol. The SMILES string of the molecule is CN1CCN(C(=O)c2ccc(Nc3ncc(C(F)(F)F)c(NCC4CCNCC4)n3)cn2)CC1. The fourth-order valence-corrected chi connectivity index (χ4v) is 4.01. The van der Waals surface area contributed by atoms with Gasteiger partial charge in [0.2, 0.25) is 5.95 Å². The predicted molar refractivity (Wildman–Crippen MR) is 122 cm³/mol. The van der Waals surface area contributed by atoms with Crippen LogP contribution in [0.3, 0.4) is 0 Å². The minimum absolute atomic E-state index is 0.0146. The van der Waals surface area contributed by atoms with Gasteiger partial charge in [-0.05, 0) is 51.0 Å². The molecule has 2 aromatic heterocycles. The quantitative estimate of drug-likeness (QED) is 0.583. The zero-order valence-corrected chi connectivity index (χ0v) is 19.0. The summed E-state index contributed by atoms with van der Waals surface area (Å²) in [6, 6.07) is 3.23. The number of carbonyl (C=O) groups excluding carboxylic acids is 1. The number of aromatic nitrogens is 3. The van der Waals surface area contributed by atoms with Crippen molar-refractivity contribution in [2.24, 2.45) is 5.92 Å². The minimum Gasteiger partial charge on any atom is -0.369 e. The summed E-state index contributed by atoms with van der Waals surface area (Å²) in [6.45, 7) is 5.03. The molecule has 2 fully saturated rings. The normalized spacial score (nSPS) is 18.1. The van der Waals surface area contributed by atoms with Crippen molar-refractivity contribution >= 4 is 23.4 Å². The molecule has 0 bridgehead atoms. The van der Waals surface area contributed by atoms with Gasteiger partial charge in [-0.2, -0.15) is 18.2 Å². The first-order valence-electron chi connectivity index (χ1n) is 11.4. The number of nitrogens with zero attached hydrogens (tertiary/aromatic N) is 5. The molecule has 3 N–H and O–H groups in total. The van der Waals surface area contributed by atoms with Gasteiger partial charge in [-0.15, -0.1) is 0 Å². The molecule has 184 valence electrons. The smallest absolute Gasteiger partial charge is 0.369 e. The molecular weight excluding hydrogens is 449 g/mol. The molecule has 4 heterocycles. The Morgan fingerprint density at radius 3 is 2.50 bits per heavy atom. The topological polar surface area (TPSA) is 98.3 Å². The van der Waals surface area contributed by atoms with E-state index in [0.717, 1.165) is 45.2 Å². The molecule has 34 heavy (non-hydrogen) atoms. The summed E-state index contributed by atoms with van der Waals surface area (Å²) in [7, 11) is 2.01. The fourth-order valence-electron chi connectivity index (χ4n) is 4.01. The van der Waals surface area contributed by atoms with Crippen molar-refractivity contribution in [3.8, 4) is 0 Å². The number of pyridine rings is 1. The number of alkyl halides is 3. The van der Waals surface area contributed by atoms with Gasteiger partial charge in [0.15, 0.2) is 0 Å². The third-order valence-corrected chi connectivity index (χ3v) is 6.14. The molecule has 0 aromatic carbocycles. The van der Waals surface area contributed by atoms with Crippen molar-refractivity contribution in [3.63, 3.8) is 0 Å². The first-order valence-corrected chi connectivity index (χ1v) is 11.4. The van der Waals surface area contributed by atoms with E-state index in [1.165, 1.54) is 6.20 Å². The Kier molecular flexibility index (Phi) is 7.47. The van der Waals surface area contributed by atoms with E-state index < -0.39 is 11.7 Å². The van der Waals surface area contributed by atoms with E-state index >= 15 is 0 Å². The molecule has 2 saturated heterocycles. The third-order valence-electron chi connectivity index (χ3n) is 6.14. The van der Waals surface area contributed by atoms with Crippen LogP contribution in [0.2, 0.25) is 0 Å². The molecule has 2 aliphatic heterocycles. The maximum Gasteiger partial charge on any atom is 0.421 e. The Morgan fingerprint density at radius 1 is 1.12 bits per heavy atom. The van der Waals surface area contributed by atoms with E-state index in [9.17, 15) is 18.0 Å². The van der Waals surface area contributed by atoms with E-state index in [2.05, 4.69) is 35.8 Å². The summed E-state index contributed by atoms with van der Waals surface area (Å²) in [5.74, 6) is -0.0998. The van der Waals surface area contributed by atoms with E-state index in [-0.39, 0.29) is 23.6 Å². The van der Waals surface area contributed by atoms with Gasteiger partial charge in [0.05, 0.1) is 11.9 Å². The molecule has 9 nitrogen and oxygen atoms in total. The van der Waals surface area contributed by atoms with Gasteiger partial charge in [-0.1, -0.05) is 0 Å². The Bertz CT molecular complexity index is 971. The standard InChI is InChI=1S/C22H29F3N8O/c1-32-8-10-33(11-9-32)20(34)18-3-2-16(13-27-18)30-21-29-14-17(22(23,24)25)19(31-21)28-12-15-4-6-26-7-5-15/h2-3,13-15,26H,4-12H2,1H3,(H2,28,29,30,31). The lowest BCUT2D eigenvalue weighted by molar-refractivity contribution is -0.137. The lowest BCUT2D eigenvalue weighted by Gasteiger charge is -2.32. The number of piperidine rings is 1. The van der Waals surface area contributed by atoms with Crippen molar-refractivity contribution in [1.82, 2.24) is 30.1 Å². The van der Waals surface area contributed by atoms with Crippen LogP contribution < -0.4 is 16.0 Å². The highest BCUT2D eigenvalue weighted by molar-refractivity contribution is 5.92. The third kappa shape index (κ3) is 6.11. The van der Waals surface area contributed by atoms with Crippen LogP contribution >= 0.6 is 0 Å². The zero-order chi connectivity index (χ0) is 24.1. The number of amides is 1. The van der Waals surface area contributed by atoms with Crippen molar-refractivity contribution in [2.75, 3.05) is 63.5 Å². The van der Waals surface area contributed by atoms with E-state index in [1.54, 1.807) is 17.0 Å². The highest BCUT2D eigenvalue weighted by atomic mass is 19.4. The van der Waals surface area contributed by atoms with Crippen LogP contribution in [-0.4, -0.2) is 83.5 Å². The van der Waals surface area contributed by atoms with Crippen LogP contribution in [0, 0.1) is 5.92 Å². The van der Waals surface area contributed by atoms with Gasteiger partial charge < -0.3 is 25.8 Å². The summed E-state index contributed by atoms with van der Waals surface area (Å²) in [5, 5.41) is 8.99. The molecule has 1 amide bonds. The highest BCUT2D eigenvalue weighted by Gasteiger charge is 2.35. The number of likely N-dealkylation sites (N-methyl/N-ethyl adjacent to an activating group) is 1. The minimum atomic E-state index is -4.57. The maximum atomic E-state index is 13.5. The van der Waals surface area contributed by atoms with Crippen LogP contribution in [0.15, 0.2) is 24.5 Å².